The van der Waals surface area contributed by atoms with Crippen LogP contribution in [0.2, 0.25) is 0 Å². The molecule has 1 aromatic heterocycles. The monoisotopic (exact) mass is 548 g/mol. The van der Waals surface area contributed by atoms with Gasteiger partial charge in [-0.25, -0.2) is 5.43 Å². The summed E-state index contributed by atoms with van der Waals surface area (Å²) in [5, 5.41) is 4.16. The maximum Gasteiger partial charge on any atom is 0.271 e. The lowest BCUT2D eigenvalue weighted by Gasteiger charge is -2.43. The summed E-state index contributed by atoms with van der Waals surface area (Å²) in [6, 6.07) is 18.7. The Morgan fingerprint density at radius 2 is 1.97 bits per heavy atom. The van der Waals surface area contributed by atoms with Crippen LogP contribution >= 0.6 is 15.9 Å². The maximum atomic E-state index is 12.3. The van der Waals surface area contributed by atoms with E-state index in [1.165, 1.54) is 0 Å². The first-order valence-electron chi connectivity index (χ1n) is 12.3. The number of carbonyl (C=O) groups is 1. The summed E-state index contributed by atoms with van der Waals surface area (Å²) in [4.78, 5) is 27.1. The molecule has 0 unspecified atom stereocenters. The molecule has 2 aliphatic rings. The van der Waals surface area contributed by atoms with Crippen LogP contribution in [0.3, 0.4) is 0 Å². The van der Waals surface area contributed by atoms with Gasteiger partial charge in [0.05, 0.1) is 12.8 Å². The number of rotatable bonds is 7. The van der Waals surface area contributed by atoms with Crippen molar-refractivity contribution < 1.29 is 9.53 Å². The Bertz CT molecular complexity index is 1340. The standard InChI is InChI=1S/C28H29BrN4O3/c1-2-36-26-11-6-19(14-30-31-28(35)21-7-9-24(29)10-8-21)12-23(26)18-32-15-20-13-22(17-32)25-4-3-5-27(34)33(25)16-20/h3-12,14,20,22H,2,13,15-18H2,1H3,(H,31,35)/b30-14-/t20-,22+/m1/s1. The number of benzene rings is 2. The molecule has 2 aliphatic heterocycles. The number of hydrogen-bond donors (Lipinski definition) is 1. The summed E-state index contributed by atoms with van der Waals surface area (Å²) in [5.74, 6) is 1.43. The number of hydrazone groups is 1. The van der Waals surface area contributed by atoms with Gasteiger partial charge in [0, 0.05) is 59.5 Å². The predicted octanol–water partition coefficient (Wildman–Crippen LogP) is 4.39. The van der Waals surface area contributed by atoms with Crippen molar-refractivity contribution in [2.24, 2.45) is 11.0 Å². The molecule has 36 heavy (non-hydrogen) atoms. The second kappa shape index (κ2) is 10.8. The smallest absolute Gasteiger partial charge is 0.271 e. The SMILES string of the molecule is CCOc1ccc(/C=N\NC(=O)c2ccc(Br)cc2)cc1CN1C[C@H]2C[C@@H](C1)c1cccc(=O)n1C2. The van der Waals surface area contributed by atoms with Gasteiger partial charge in [0.15, 0.2) is 0 Å². The molecule has 1 amide bonds. The largest absolute Gasteiger partial charge is 0.494 e. The number of likely N-dealkylation sites (tertiary alicyclic amines) is 1. The van der Waals surface area contributed by atoms with Gasteiger partial charge < -0.3 is 9.30 Å². The van der Waals surface area contributed by atoms with Crippen molar-refractivity contribution in [3.05, 3.63) is 97.9 Å². The summed E-state index contributed by atoms with van der Waals surface area (Å²) in [5.41, 5.74) is 6.37. The minimum Gasteiger partial charge on any atom is -0.494 e. The fraction of sp³-hybridized carbons (Fsp3) is 0.321. The van der Waals surface area contributed by atoms with Gasteiger partial charge in [-0.3, -0.25) is 14.5 Å². The van der Waals surface area contributed by atoms with E-state index in [2.05, 4.69) is 43.5 Å². The Labute approximate surface area is 218 Å². The lowest BCUT2D eigenvalue weighted by atomic mass is 9.83. The third-order valence-corrected chi connectivity index (χ3v) is 7.35. The average Bonchev–Trinajstić information content (AvgIpc) is 2.87. The van der Waals surface area contributed by atoms with Crippen LogP contribution in [0.15, 0.2) is 75.0 Å². The van der Waals surface area contributed by atoms with Crippen LogP contribution in [0, 0.1) is 5.92 Å². The third kappa shape index (κ3) is 5.44. The van der Waals surface area contributed by atoms with Crippen molar-refractivity contribution in [3.63, 3.8) is 0 Å². The molecule has 1 N–H and O–H groups in total. The molecule has 0 radical (unpaired) electrons. The lowest BCUT2D eigenvalue weighted by molar-refractivity contribution is 0.0955. The zero-order chi connectivity index (χ0) is 25.1. The van der Waals surface area contributed by atoms with E-state index in [9.17, 15) is 9.59 Å². The summed E-state index contributed by atoms with van der Waals surface area (Å²) < 4.78 is 8.80. The molecule has 5 rings (SSSR count). The molecule has 1 saturated heterocycles. The van der Waals surface area contributed by atoms with Gasteiger partial charge >= 0.3 is 0 Å². The zero-order valence-electron chi connectivity index (χ0n) is 20.2. The quantitative estimate of drug-likeness (QED) is 0.351. The Morgan fingerprint density at radius 3 is 2.78 bits per heavy atom. The molecule has 0 spiro atoms. The Kier molecular flexibility index (Phi) is 7.34. The molecule has 2 bridgehead atoms. The second-order valence-electron chi connectivity index (χ2n) is 9.40. The molecule has 186 valence electrons. The normalized spacial score (nSPS) is 19.2. The highest BCUT2D eigenvalue weighted by atomic mass is 79.9. The Morgan fingerprint density at radius 1 is 1.14 bits per heavy atom. The number of halogens is 1. The van der Waals surface area contributed by atoms with Crippen molar-refractivity contribution >= 4 is 28.1 Å². The molecule has 3 aromatic rings. The number of fused-ring (bicyclic) bond motifs is 4. The fourth-order valence-electron chi connectivity index (χ4n) is 5.30. The van der Waals surface area contributed by atoms with E-state index in [4.69, 9.17) is 4.74 Å². The highest BCUT2D eigenvalue weighted by molar-refractivity contribution is 9.10. The molecule has 1 fully saturated rings. The van der Waals surface area contributed by atoms with E-state index >= 15 is 0 Å². The molecule has 2 atom stereocenters. The van der Waals surface area contributed by atoms with Gasteiger partial charge in [-0.2, -0.15) is 5.10 Å². The Balaban J connectivity index is 1.29. The van der Waals surface area contributed by atoms with Gasteiger partial charge in [-0.15, -0.1) is 0 Å². The number of pyridine rings is 1. The fourth-order valence-corrected chi connectivity index (χ4v) is 5.56. The van der Waals surface area contributed by atoms with Crippen LogP contribution in [0.5, 0.6) is 5.75 Å². The highest BCUT2D eigenvalue weighted by Gasteiger charge is 2.34. The number of carbonyl (C=O) groups excluding carboxylic acids is 1. The number of nitrogens with zero attached hydrogens (tertiary/aromatic N) is 3. The number of ether oxygens (including phenoxy) is 1. The van der Waals surface area contributed by atoms with Gasteiger partial charge in [0.1, 0.15) is 5.75 Å². The molecular formula is C28H29BrN4O3. The second-order valence-corrected chi connectivity index (χ2v) is 10.3. The van der Waals surface area contributed by atoms with Crippen LogP contribution < -0.4 is 15.7 Å². The third-order valence-electron chi connectivity index (χ3n) is 6.82. The average molecular weight is 549 g/mol. The van der Waals surface area contributed by atoms with E-state index < -0.39 is 0 Å². The van der Waals surface area contributed by atoms with E-state index in [1.807, 2.05) is 41.8 Å². The molecule has 3 heterocycles. The number of piperidine rings is 1. The van der Waals surface area contributed by atoms with Crippen LogP contribution in [-0.4, -0.2) is 41.3 Å². The predicted molar refractivity (Wildman–Crippen MR) is 144 cm³/mol. The van der Waals surface area contributed by atoms with E-state index in [-0.39, 0.29) is 11.5 Å². The van der Waals surface area contributed by atoms with Gasteiger partial charge in [-0.05, 0) is 73.4 Å². The van der Waals surface area contributed by atoms with E-state index in [0.717, 1.165) is 59.6 Å². The number of nitrogens with one attached hydrogen (secondary N) is 1. The summed E-state index contributed by atoms with van der Waals surface area (Å²) in [7, 11) is 0. The van der Waals surface area contributed by atoms with Crippen LogP contribution in [-0.2, 0) is 13.1 Å². The van der Waals surface area contributed by atoms with Gasteiger partial charge in [0.25, 0.3) is 11.5 Å². The van der Waals surface area contributed by atoms with Crippen molar-refractivity contribution in [3.8, 4) is 5.75 Å². The number of hydrogen-bond acceptors (Lipinski definition) is 5. The minimum atomic E-state index is -0.260. The van der Waals surface area contributed by atoms with Crippen molar-refractivity contribution in [1.82, 2.24) is 14.9 Å². The topological polar surface area (TPSA) is 75.9 Å². The van der Waals surface area contributed by atoms with Crippen LogP contribution in [0.25, 0.3) is 0 Å². The maximum absolute atomic E-state index is 12.3. The number of aromatic nitrogens is 1. The molecule has 8 heteroatoms. The van der Waals surface area contributed by atoms with Gasteiger partial charge in [0.2, 0.25) is 0 Å². The van der Waals surface area contributed by atoms with Crippen molar-refractivity contribution in [1.29, 1.82) is 0 Å². The van der Waals surface area contributed by atoms with Gasteiger partial charge in [-0.1, -0.05) is 22.0 Å². The molecule has 7 nitrogen and oxygen atoms in total. The number of amides is 1. The molecule has 2 aromatic carbocycles. The summed E-state index contributed by atoms with van der Waals surface area (Å²) in [6.45, 7) is 5.97. The van der Waals surface area contributed by atoms with Crippen molar-refractivity contribution in [2.75, 3.05) is 19.7 Å². The van der Waals surface area contributed by atoms with E-state index in [1.54, 1.807) is 24.4 Å². The first-order chi connectivity index (χ1) is 17.5. The molecule has 0 aliphatic carbocycles. The van der Waals surface area contributed by atoms with E-state index in [0.29, 0.717) is 24.0 Å². The first-order valence-corrected chi connectivity index (χ1v) is 13.1. The minimum absolute atomic E-state index is 0.105. The Hall–Kier alpha value is -3.23. The highest BCUT2D eigenvalue weighted by Crippen LogP contribution is 2.36. The zero-order valence-corrected chi connectivity index (χ0v) is 21.8. The summed E-state index contributed by atoms with van der Waals surface area (Å²) >= 11 is 3.37. The lowest BCUT2D eigenvalue weighted by Crippen LogP contribution is -2.46. The van der Waals surface area contributed by atoms with Crippen molar-refractivity contribution in [2.45, 2.75) is 32.4 Å². The summed E-state index contributed by atoms with van der Waals surface area (Å²) in [6.07, 6.45) is 2.78. The van der Waals surface area contributed by atoms with Crippen LogP contribution in [0.1, 0.15) is 46.4 Å². The first kappa shape index (κ1) is 24.5. The molecular weight excluding hydrogens is 520 g/mol. The van der Waals surface area contributed by atoms with Crippen LogP contribution in [0.4, 0.5) is 0 Å². The molecule has 0 saturated carbocycles.